The lowest BCUT2D eigenvalue weighted by molar-refractivity contribution is 0.0515. The number of hydrogen-bond donors (Lipinski definition) is 1. The highest BCUT2D eigenvalue weighted by atomic mass is 32.2. The van der Waals surface area contributed by atoms with Crippen molar-refractivity contribution in [2.45, 2.75) is 25.3 Å². The molecule has 1 aromatic carbocycles. The van der Waals surface area contributed by atoms with Crippen LogP contribution in [0.3, 0.4) is 0 Å². The molecule has 0 saturated heterocycles. The number of esters is 1. The fraction of sp³-hybridized carbons (Fsp3) is 0.312. The third kappa shape index (κ3) is 3.80. The Labute approximate surface area is 136 Å². The second-order valence-corrected chi connectivity index (χ2v) is 6.80. The third-order valence-electron chi connectivity index (χ3n) is 3.57. The Morgan fingerprint density at radius 3 is 2.52 bits per heavy atom. The van der Waals surface area contributed by atoms with Crippen molar-refractivity contribution in [3.05, 3.63) is 53.3 Å². The highest BCUT2D eigenvalue weighted by Gasteiger charge is 2.24. The first kappa shape index (κ1) is 17.2. The average Bonchev–Trinajstić information content (AvgIpc) is 2.83. The summed E-state index contributed by atoms with van der Waals surface area (Å²) >= 11 is 0. The topological polar surface area (TPSA) is 77.4 Å². The van der Waals surface area contributed by atoms with Crippen molar-refractivity contribution in [3.8, 4) is 0 Å². The molecule has 0 spiro atoms. The zero-order chi connectivity index (χ0) is 17.0. The Bertz CT molecular complexity index is 795. The van der Waals surface area contributed by atoms with Gasteiger partial charge in [-0.05, 0) is 25.5 Å². The number of carbonyl (C=O) groups excluding carboxylic acids is 1. The molecule has 6 nitrogen and oxygen atoms in total. The molecule has 2 rings (SSSR count). The number of hydrogen-bond acceptors (Lipinski definition) is 4. The van der Waals surface area contributed by atoms with E-state index in [9.17, 15) is 13.2 Å². The van der Waals surface area contributed by atoms with Crippen molar-refractivity contribution in [3.63, 3.8) is 0 Å². The van der Waals surface area contributed by atoms with Crippen molar-refractivity contribution in [1.29, 1.82) is 0 Å². The minimum Gasteiger partial charge on any atom is -0.461 e. The zero-order valence-electron chi connectivity index (χ0n) is 13.4. The monoisotopic (exact) mass is 336 g/mol. The zero-order valence-corrected chi connectivity index (χ0v) is 14.2. The minimum atomic E-state index is -3.72. The lowest BCUT2D eigenvalue weighted by Crippen LogP contribution is -2.23. The quantitative estimate of drug-likeness (QED) is 0.819. The lowest BCUT2D eigenvalue weighted by atomic mass is 10.2. The first-order valence-corrected chi connectivity index (χ1v) is 8.72. The summed E-state index contributed by atoms with van der Waals surface area (Å²) in [5, 5.41) is 0. The molecule has 124 valence electrons. The highest BCUT2D eigenvalue weighted by Crippen LogP contribution is 2.20. The van der Waals surface area contributed by atoms with Gasteiger partial charge in [0.1, 0.15) is 10.6 Å². The van der Waals surface area contributed by atoms with Crippen LogP contribution in [0.25, 0.3) is 0 Å². The summed E-state index contributed by atoms with van der Waals surface area (Å²) in [7, 11) is -2.08. The molecule has 1 aromatic heterocycles. The number of aromatic nitrogens is 1. The van der Waals surface area contributed by atoms with Crippen LogP contribution in [0.2, 0.25) is 0 Å². The van der Waals surface area contributed by atoms with Gasteiger partial charge in [-0.25, -0.2) is 17.9 Å². The van der Waals surface area contributed by atoms with Gasteiger partial charge in [0.2, 0.25) is 10.0 Å². The van der Waals surface area contributed by atoms with Gasteiger partial charge in [-0.3, -0.25) is 0 Å². The minimum absolute atomic E-state index is 0.0824. The maximum absolute atomic E-state index is 12.5. The Morgan fingerprint density at radius 2 is 1.91 bits per heavy atom. The van der Waals surface area contributed by atoms with Gasteiger partial charge in [0.15, 0.2) is 0 Å². The predicted molar refractivity (Wildman–Crippen MR) is 86.6 cm³/mol. The van der Waals surface area contributed by atoms with Gasteiger partial charge in [0.05, 0.1) is 6.61 Å². The molecular formula is C16H20N2O4S. The van der Waals surface area contributed by atoms with Crippen LogP contribution in [0.1, 0.15) is 28.7 Å². The number of ether oxygens (including phenoxy) is 1. The molecule has 0 saturated carbocycles. The molecule has 0 unspecified atom stereocenters. The Morgan fingerprint density at radius 1 is 1.26 bits per heavy atom. The number of rotatable bonds is 6. The van der Waals surface area contributed by atoms with Crippen LogP contribution in [0.5, 0.6) is 0 Å². The van der Waals surface area contributed by atoms with E-state index in [1.54, 1.807) is 20.9 Å². The molecule has 1 heterocycles. The van der Waals surface area contributed by atoms with Crippen molar-refractivity contribution in [2.75, 3.05) is 6.61 Å². The molecule has 2 aromatic rings. The van der Waals surface area contributed by atoms with E-state index in [1.165, 1.54) is 10.6 Å². The largest absolute Gasteiger partial charge is 0.461 e. The number of carbonyl (C=O) groups is 1. The average molecular weight is 336 g/mol. The number of nitrogens with zero attached hydrogens (tertiary/aromatic N) is 1. The predicted octanol–water partition coefficient (Wildman–Crippen LogP) is 1.99. The summed E-state index contributed by atoms with van der Waals surface area (Å²) in [6.07, 6.45) is 0. The van der Waals surface area contributed by atoms with E-state index in [2.05, 4.69) is 4.72 Å². The molecule has 7 heteroatoms. The Balaban J connectivity index is 2.26. The van der Waals surface area contributed by atoms with Gasteiger partial charge in [0, 0.05) is 19.3 Å². The van der Waals surface area contributed by atoms with Gasteiger partial charge >= 0.3 is 5.97 Å². The van der Waals surface area contributed by atoms with Gasteiger partial charge in [-0.15, -0.1) is 0 Å². The van der Waals surface area contributed by atoms with Crippen molar-refractivity contribution >= 4 is 16.0 Å². The van der Waals surface area contributed by atoms with E-state index in [1.807, 2.05) is 30.3 Å². The van der Waals surface area contributed by atoms with Gasteiger partial charge in [-0.1, -0.05) is 30.3 Å². The molecule has 0 atom stereocenters. The summed E-state index contributed by atoms with van der Waals surface area (Å²) in [5.74, 6) is -0.539. The first-order valence-electron chi connectivity index (χ1n) is 7.24. The molecule has 0 radical (unpaired) electrons. The maximum atomic E-state index is 12.5. The highest BCUT2D eigenvalue weighted by molar-refractivity contribution is 7.89. The van der Waals surface area contributed by atoms with E-state index >= 15 is 0 Å². The second kappa shape index (κ2) is 6.97. The van der Waals surface area contributed by atoms with Crippen LogP contribution in [-0.4, -0.2) is 25.6 Å². The molecule has 0 aliphatic heterocycles. The SMILES string of the molecule is CCOC(=O)c1cc(S(=O)(=O)NCc2ccccc2)c(C)n1C. The van der Waals surface area contributed by atoms with Gasteiger partial charge in [0.25, 0.3) is 0 Å². The molecular weight excluding hydrogens is 316 g/mol. The molecule has 23 heavy (non-hydrogen) atoms. The van der Waals surface area contributed by atoms with Gasteiger partial charge < -0.3 is 9.30 Å². The van der Waals surface area contributed by atoms with Crippen LogP contribution < -0.4 is 4.72 Å². The van der Waals surface area contributed by atoms with E-state index in [4.69, 9.17) is 4.74 Å². The summed E-state index contributed by atoms with van der Waals surface area (Å²) < 4.78 is 34.0. The van der Waals surface area contributed by atoms with E-state index in [0.717, 1.165) is 5.56 Å². The summed E-state index contributed by atoms with van der Waals surface area (Å²) in [4.78, 5) is 12.0. The van der Waals surface area contributed by atoms with Crippen molar-refractivity contribution in [2.24, 2.45) is 7.05 Å². The summed E-state index contributed by atoms with van der Waals surface area (Å²) in [5.41, 5.74) is 1.55. The van der Waals surface area contributed by atoms with E-state index < -0.39 is 16.0 Å². The van der Waals surface area contributed by atoms with Gasteiger partial charge in [-0.2, -0.15) is 0 Å². The van der Waals surface area contributed by atoms with E-state index in [0.29, 0.717) is 5.69 Å². The number of sulfonamides is 1. The molecule has 0 bridgehead atoms. The standard InChI is InChI=1S/C16H20N2O4S/c1-4-22-16(19)14-10-15(12(2)18(14)3)23(20,21)17-11-13-8-6-5-7-9-13/h5-10,17H,4,11H2,1-3H3. The fourth-order valence-corrected chi connectivity index (χ4v) is 3.50. The smallest absolute Gasteiger partial charge is 0.354 e. The van der Waals surface area contributed by atoms with Crippen LogP contribution in [0.4, 0.5) is 0 Å². The lowest BCUT2D eigenvalue weighted by Gasteiger charge is -2.07. The molecule has 1 N–H and O–H groups in total. The normalized spacial score (nSPS) is 11.4. The second-order valence-electron chi connectivity index (χ2n) is 5.07. The Hall–Kier alpha value is -2.12. The van der Waals surface area contributed by atoms with Crippen molar-refractivity contribution in [1.82, 2.24) is 9.29 Å². The van der Waals surface area contributed by atoms with Crippen molar-refractivity contribution < 1.29 is 17.9 Å². The first-order chi connectivity index (χ1) is 10.9. The van der Waals surface area contributed by atoms with Crippen LogP contribution in [-0.2, 0) is 28.4 Å². The maximum Gasteiger partial charge on any atom is 0.354 e. The Kier molecular flexibility index (Phi) is 5.23. The number of nitrogens with one attached hydrogen (secondary N) is 1. The van der Waals surface area contributed by atoms with Crippen LogP contribution in [0, 0.1) is 6.92 Å². The summed E-state index contributed by atoms with van der Waals surface area (Å²) in [6, 6.07) is 10.6. The molecule has 0 fully saturated rings. The molecule has 0 amide bonds. The fourth-order valence-electron chi connectivity index (χ4n) is 2.20. The van der Waals surface area contributed by atoms with E-state index in [-0.39, 0.29) is 23.7 Å². The van der Waals surface area contributed by atoms with Crippen LogP contribution in [0.15, 0.2) is 41.3 Å². The summed E-state index contributed by atoms with van der Waals surface area (Å²) in [6.45, 7) is 3.77. The molecule has 0 aliphatic rings. The number of benzene rings is 1. The molecule has 0 aliphatic carbocycles. The third-order valence-corrected chi connectivity index (χ3v) is 5.09. The van der Waals surface area contributed by atoms with Crippen LogP contribution >= 0.6 is 0 Å².